The minimum atomic E-state index is -0.309. The molecule has 0 saturated heterocycles. The molecule has 0 unspecified atom stereocenters. The van der Waals surface area contributed by atoms with Crippen LogP contribution in [0.2, 0.25) is 0 Å². The lowest BCUT2D eigenvalue weighted by Gasteiger charge is -2.09. The summed E-state index contributed by atoms with van der Waals surface area (Å²) in [5, 5.41) is 9.75. The molecule has 1 amide bonds. The van der Waals surface area contributed by atoms with E-state index in [-0.39, 0.29) is 12.5 Å². The molecule has 3 heterocycles. The zero-order valence-electron chi connectivity index (χ0n) is 15.8. The zero-order chi connectivity index (χ0) is 20.2. The summed E-state index contributed by atoms with van der Waals surface area (Å²) in [5.74, 6) is 2.09. The van der Waals surface area contributed by atoms with E-state index in [0.717, 1.165) is 5.69 Å². The van der Waals surface area contributed by atoms with Gasteiger partial charge in [0.25, 0.3) is 5.91 Å². The summed E-state index contributed by atoms with van der Waals surface area (Å²) in [6, 6.07) is 12.5. The van der Waals surface area contributed by atoms with Crippen molar-refractivity contribution >= 4 is 23.1 Å². The number of ether oxygens (including phenoxy) is 2. The number of rotatable bonds is 7. The highest BCUT2D eigenvalue weighted by molar-refractivity contribution is 7.12. The molecule has 3 aromatic heterocycles. The van der Waals surface area contributed by atoms with Gasteiger partial charge in [0.1, 0.15) is 23.0 Å². The Morgan fingerprint density at radius 2 is 2.10 bits per heavy atom. The van der Waals surface area contributed by atoms with Crippen LogP contribution in [-0.4, -0.2) is 34.4 Å². The second-order valence-electron chi connectivity index (χ2n) is 6.09. The molecule has 4 rings (SSSR count). The second kappa shape index (κ2) is 8.19. The van der Waals surface area contributed by atoms with E-state index < -0.39 is 0 Å². The van der Waals surface area contributed by atoms with Crippen LogP contribution in [-0.2, 0) is 4.79 Å². The number of anilines is 1. The van der Waals surface area contributed by atoms with Gasteiger partial charge in [-0.1, -0.05) is 6.07 Å². The number of thiazole rings is 1. The number of nitrogens with zero attached hydrogens (tertiary/aromatic N) is 3. The lowest BCUT2D eigenvalue weighted by atomic mass is 10.3. The van der Waals surface area contributed by atoms with E-state index in [9.17, 15) is 4.79 Å². The molecule has 148 valence electrons. The number of benzene rings is 1. The van der Waals surface area contributed by atoms with Crippen molar-refractivity contribution < 1.29 is 18.7 Å². The fourth-order valence-corrected chi connectivity index (χ4v) is 3.43. The average Bonchev–Trinajstić information content (AvgIpc) is 3.47. The van der Waals surface area contributed by atoms with Gasteiger partial charge < -0.3 is 19.2 Å². The molecule has 0 radical (unpaired) electrons. The van der Waals surface area contributed by atoms with Gasteiger partial charge in [-0.2, -0.15) is 9.78 Å². The Bertz CT molecular complexity index is 1120. The average molecular weight is 410 g/mol. The lowest BCUT2D eigenvalue weighted by molar-refractivity contribution is -0.118. The first-order chi connectivity index (χ1) is 14.1. The summed E-state index contributed by atoms with van der Waals surface area (Å²) >= 11 is 1.40. The van der Waals surface area contributed by atoms with Crippen LogP contribution in [0.4, 0.5) is 5.82 Å². The van der Waals surface area contributed by atoms with Gasteiger partial charge in [-0.25, -0.2) is 4.98 Å². The standard InChI is InChI=1S/C20H18N4O4S/c1-13-9-18(22-19(25)11-28-15-6-3-5-14(10-15)26-2)24(23-13)20-21-16(12-29-20)17-7-4-8-27-17/h3-10,12H,11H2,1-2H3,(H,22,25). The van der Waals surface area contributed by atoms with E-state index >= 15 is 0 Å². The molecule has 0 spiro atoms. The molecular weight excluding hydrogens is 392 g/mol. The van der Waals surface area contributed by atoms with E-state index in [1.807, 2.05) is 18.4 Å². The van der Waals surface area contributed by atoms with Crippen molar-refractivity contribution in [3.8, 4) is 28.1 Å². The van der Waals surface area contributed by atoms with E-state index in [0.29, 0.717) is 33.9 Å². The quantitative estimate of drug-likeness (QED) is 0.496. The second-order valence-corrected chi connectivity index (χ2v) is 6.93. The van der Waals surface area contributed by atoms with Crippen LogP contribution in [0.3, 0.4) is 0 Å². The topological polar surface area (TPSA) is 91.4 Å². The van der Waals surface area contributed by atoms with Crippen molar-refractivity contribution in [1.82, 2.24) is 14.8 Å². The van der Waals surface area contributed by atoms with Crippen LogP contribution < -0.4 is 14.8 Å². The highest BCUT2D eigenvalue weighted by Crippen LogP contribution is 2.26. The summed E-state index contributed by atoms with van der Waals surface area (Å²) in [7, 11) is 1.57. The summed E-state index contributed by atoms with van der Waals surface area (Å²) in [5.41, 5.74) is 1.46. The van der Waals surface area contributed by atoms with Crippen LogP contribution in [0.25, 0.3) is 16.6 Å². The van der Waals surface area contributed by atoms with Crippen LogP contribution >= 0.6 is 11.3 Å². The Kier molecular flexibility index (Phi) is 5.30. The number of carbonyl (C=O) groups is 1. The first-order valence-corrected chi connectivity index (χ1v) is 9.63. The number of furan rings is 1. The van der Waals surface area contributed by atoms with Gasteiger partial charge in [0.05, 0.1) is 19.1 Å². The van der Waals surface area contributed by atoms with E-state index in [1.54, 1.807) is 54.5 Å². The molecule has 9 heteroatoms. The molecule has 0 aliphatic carbocycles. The van der Waals surface area contributed by atoms with Crippen molar-refractivity contribution in [1.29, 1.82) is 0 Å². The summed E-state index contributed by atoms with van der Waals surface area (Å²) < 4.78 is 17.7. The van der Waals surface area contributed by atoms with Crippen molar-refractivity contribution in [2.24, 2.45) is 0 Å². The molecule has 29 heavy (non-hydrogen) atoms. The number of hydrogen-bond acceptors (Lipinski definition) is 7. The highest BCUT2D eigenvalue weighted by Gasteiger charge is 2.15. The van der Waals surface area contributed by atoms with E-state index in [2.05, 4.69) is 15.4 Å². The zero-order valence-corrected chi connectivity index (χ0v) is 16.6. The van der Waals surface area contributed by atoms with Crippen molar-refractivity contribution in [2.45, 2.75) is 6.92 Å². The molecule has 8 nitrogen and oxygen atoms in total. The highest BCUT2D eigenvalue weighted by atomic mass is 32.1. The fourth-order valence-electron chi connectivity index (χ4n) is 2.65. The number of hydrogen-bond donors (Lipinski definition) is 1. The third-order valence-electron chi connectivity index (χ3n) is 3.96. The first kappa shape index (κ1) is 18.8. The van der Waals surface area contributed by atoms with E-state index in [4.69, 9.17) is 13.9 Å². The van der Waals surface area contributed by atoms with Gasteiger partial charge >= 0.3 is 0 Å². The molecule has 1 aromatic carbocycles. The summed E-state index contributed by atoms with van der Waals surface area (Å²) in [6.07, 6.45) is 1.60. The Morgan fingerprint density at radius 3 is 2.90 bits per heavy atom. The van der Waals surface area contributed by atoms with Gasteiger partial charge in [-0.05, 0) is 31.2 Å². The SMILES string of the molecule is COc1cccc(OCC(=O)Nc2cc(C)nn2-c2nc(-c3ccco3)cs2)c1. The van der Waals surface area contributed by atoms with Gasteiger partial charge in [-0.15, -0.1) is 11.3 Å². The lowest BCUT2D eigenvalue weighted by Crippen LogP contribution is -2.21. The van der Waals surface area contributed by atoms with Crippen LogP contribution in [0, 0.1) is 6.92 Å². The van der Waals surface area contributed by atoms with Gasteiger partial charge in [0.2, 0.25) is 5.13 Å². The molecule has 0 atom stereocenters. The number of methoxy groups -OCH3 is 1. The Balaban J connectivity index is 1.46. The maximum Gasteiger partial charge on any atom is 0.263 e. The molecule has 0 bridgehead atoms. The third kappa shape index (κ3) is 4.30. The molecule has 0 aliphatic heterocycles. The Labute approximate surface area is 170 Å². The Morgan fingerprint density at radius 1 is 1.24 bits per heavy atom. The smallest absolute Gasteiger partial charge is 0.263 e. The number of aryl methyl sites for hydroxylation is 1. The van der Waals surface area contributed by atoms with Gasteiger partial charge in [0, 0.05) is 17.5 Å². The maximum absolute atomic E-state index is 12.4. The number of aromatic nitrogens is 3. The number of amides is 1. The van der Waals surface area contributed by atoms with E-state index in [1.165, 1.54) is 11.3 Å². The molecule has 0 aliphatic rings. The molecule has 0 saturated carbocycles. The number of carbonyl (C=O) groups excluding carboxylic acids is 1. The summed E-state index contributed by atoms with van der Waals surface area (Å²) in [6.45, 7) is 1.70. The molecule has 0 fully saturated rings. The predicted octanol–water partition coefficient (Wildman–Crippen LogP) is 3.92. The minimum Gasteiger partial charge on any atom is -0.497 e. The summed E-state index contributed by atoms with van der Waals surface area (Å²) in [4.78, 5) is 16.9. The molecular formula is C20H18N4O4S. The molecule has 4 aromatic rings. The van der Waals surface area contributed by atoms with Gasteiger partial charge in [0.15, 0.2) is 12.4 Å². The fraction of sp³-hybridized carbons (Fsp3) is 0.150. The normalized spacial score (nSPS) is 10.7. The van der Waals surface area contributed by atoms with Gasteiger partial charge in [-0.3, -0.25) is 4.79 Å². The van der Waals surface area contributed by atoms with Crippen LogP contribution in [0.1, 0.15) is 5.69 Å². The van der Waals surface area contributed by atoms with Crippen molar-refractivity contribution in [3.05, 3.63) is 59.8 Å². The van der Waals surface area contributed by atoms with Crippen LogP contribution in [0.15, 0.2) is 58.5 Å². The first-order valence-electron chi connectivity index (χ1n) is 8.75. The number of nitrogens with one attached hydrogen (secondary N) is 1. The van der Waals surface area contributed by atoms with Crippen molar-refractivity contribution in [3.63, 3.8) is 0 Å². The maximum atomic E-state index is 12.4. The Hall–Kier alpha value is -3.59. The van der Waals surface area contributed by atoms with Crippen LogP contribution in [0.5, 0.6) is 11.5 Å². The van der Waals surface area contributed by atoms with Crippen molar-refractivity contribution in [2.75, 3.05) is 19.0 Å². The monoisotopic (exact) mass is 410 g/mol. The third-order valence-corrected chi connectivity index (χ3v) is 4.77. The largest absolute Gasteiger partial charge is 0.497 e. The minimum absolute atomic E-state index is 0.146. The molecule has 1 N–H and O–H groups in total. The predicted molar refractivity (Wildman–Crippen MR) is 109 cm³/mol.